The van der Waals surface area contributed by atoms with E-state index in [4.69, 9.17) is 21.1 Å². The summed E-state index contributed by atoms with van der Waals surface area (Å²) in [5, 5.41) is 3.16. The number of amides is 1. The minimum Gasteiger partial charge on any atom is -0.493 e. The molecule has 3 rings (SSSR count). The Hall–Kier alpha value is -3.23. The molecule has 1 N–H and O–H groups in total. The molecule has 0 bridgehead atoms. The largest absolute Gasteiger partial charge is 0.493 e. The molecule has 0 atom stereocenters. The van der Waals surface area contributed by atoms with Gasteiger partial charge in [-0.25, -0.2) is 8.42 Å². The summed E-state index contributed by atoms with van der Waals surface area (Å²) in [4.78, 5) is 12.8. The predicted molar refractivity (Wildman–Crippen MR) is 130 cm³/mol. The molecule has 0 unspecified atom stereocenters. The number of halogens is 1. The Morgan fingerprint density at radius 2 is 1.61 bits per heavy atom. The Morgan fingerprint density at radius 1 is 0.939 bits per heavy atom. The maximum atomic E-state index is 13.7. The van der Waals surface area contributed by atoms with Gasteiger partial charge in [-0.2, -0.15) is 0 Å². The molecule has 0 aliphatic heterocycles. The molecule has 3 aromatic carbocycles. The van der Waals surface area contributed by atoms with Gasteiger partial charge < -0.3 is 14.8 Å². The average Bonchev–Trinajstić information content (AvgIpc) is 2.76. The number of hydrogen-bond donors (Lipinski definition) is 1. The van der Waals surface area contributed by atoms with Gasteiger partial charge in [-0.1, -0.05) is 23.7 Å². The highest BCUT2D eigenvalue weighted by Crippen LogP contribution is 2.32. The van der Waals surface area contributed by atoms with E-state index in [9.17, 15) is 13.2 Å². The van der Waals surface area contributed by atoms with Crippen molar-refractivity contribution in [3.63, 3.8) is 0 Å². The van der Waals surface area contributed by atoms with Crippen molar-refractivity contribution in [2.24, 2.45) is 0 Å². The van der Waals surface area contributed by atoms with Crippen LogP contribution < -0.4 is 19.1 Å². The minimum atomic E-state index is -4.13. The van der Waals surface area contributed by atoms with Gasteiger partial charge in [-0.05, 0) is 67.4 Å². The van der Waals surface area contributed by atoms with Gasteiger partial charge in [0.05, 0.1) is 24.8 Å². The van der Waals surface area contributed by atoms with Crippen LogP contribution in [0.4, 0.5) is 11.4 Å². The van der Waals surface area contributed by atoms with Gasteiger partial charge in [-0.3, -0.25) is 9.10 Å². The Balaban J connectivity index is 2.03. The lowest BCUT2D eigenvalue weighted by Crippen LogP contribution is -2.38. The highest BCUT2D eigenvalue weighted by atomic mass is 35.5. The molecule has 9 heteroatoms. The number of hydrogen-bond acceptors (Lipinski definition) is 5. The number of methoxy groups -OCH3 is 2. The zero-order chi connectivity index (χ0) is 24.2. The van der Waals surface area contributed by atoms with Crippen LogP contribution in [-0.2, 0) is 14.8 Å². The van der Waals surface area contributed by atoms with Gasteiger partial charge in [0.15, 0.2) is 11.5 Å². The second-order valence-electron chi connectivity index (χ2n) is 7.43. The molecule has 0 saturated heterocycles. The van der Waals surface area contributed by atoms with Crippen molar-refractivity contribution in [1.29, 1.82) is 0 Å². The summed E-state index contributed by atoms with van der Waals surface area (Å²) in [6, 6.07) is 16.3. The van der Waals surface area contributed by atoms with Crippen molar-refractivity contribution in [1.82, 2.24) is 0 Å². The summed E-state index contributed by atoms with van der Waals surface area (Å²) < 4.78 is 38.9. The fraction of sp³-hybridized carbons (Fsp3) is 0.208. The third-order valence-electron chi connectivity index (χ3n) is 4.83. The molecule has 0 radical (unpaired) electrons. The zero-order valence-electron chi connectivity index (χ0n) is 18.8. The second kappa shape index (κ2) is 10.1. The number of carbonyl (C=O) groups is 1. The lowest BCUT2D eigenvalue weighted by Gasteiger charge is -2.25. The first-order valence-electron chi connectivity index (χ1n) is 10.0. The topological polar surface area (TPSA) is 84.9 Å². The quantitative estimate of drug-likeness (QED) is 0.492. The number of ether oxygens (including phenoxy) is 2. The third kappa shape index (κ3) is 5.77. The maximum absolute atomic E-state index is 13.7. The molecule has 7 nitrogen and oxygen atoms in total. The Kier molecular flexibility index (Phi) is 7.50. The molecule has 0 saturated carbocycles. The van der Waals surface area contributed by atoms with E-state index in [1.54, 1.807) is 36.4 Å². The molecule has 33 heavy (non-hydrogen) atoms. The van der Waals surface area contributed by atoms with Gasteiger partial charge >= 0.3 is 0 Å². The van der Waals surface area contributed by atoms with Crippen LogP contribution in [-0.4, -0.2) is 35.1 Å². The van der Waals surface area contributed by atoms with E-state index in [1.807, 2.05) is 19.9 Å². The molecule has 0 heterocycles. The van der Waals surface area contributed by atoms with Gasteiger partial charge in [0.1, 0.15) is 6.54 Å². The number of nitrogens with zero attached hydrogens (tertiary/aromatic N) is 1. The first-order valence-corrected chi connectivity index (χ1v) is 11.8. The van der Waals surface area contributed by atoms with Crippen LogP contribution in [0.2, 0.25) is 5.02 Å². The molecular formula is C24H25ClN2O5S. The van der Waals surface area contributed by atoms with Crippen molar-refractivity contribution in [2.45, 2.75) is 18.7 Å². The van der Waals surface area contributed by atoms with Crippen molar-refractivity contribution >= 4 is 38.9 Å². The lowest BCUT2D eigenvalue weighted by atomic mass is 10.1. The number of nitrogens with one attached hydrogen (secondary N) is 1. The number of carbonyl (C=O) groups excluding carboxylic acids is 1. The van der Waals surface area contributed by atoms with Crippen LogP contribution in [0.5, 0.6) is 11.5 Å². The lowest BCUT2D eigenvalue weighted by molar-refractivity contribution is -0.114. The minimum absolute atomic E-state index is 0.0325. The van der Waals surface area contributed by atoms with Crippen LogP contribution >= 0.6 is 11.6 Å². The van der Waals surface area contributed by atoms with Gasteiger partial charge in [0.25, 0.3) is 10.0 Å². The smallest absolute Gasteiger partial charge is 0.264 e. The van der Waals surface area contributed by atoms with E-state index in [-0.39, 0.29) is 10.6 Å². The number of aryl methyl sites for hydroxylation is 2. The molecule has 0 fully saturated rings. The average molecular weight is 489 g/mol. The standard InChI is InChI=1S/C24H25ClN2O5S/c1-16-10-17(2)12-20(11-16)27(15-24(28)26-19-7-5-6-18(25)13-19)33(29,30)21-8-9-22(31-3)23(14-21)32-4/h5-14H,15H2,1-4H3,(H,26,28). The molecular weight excluding hydrogens is 464 g/mol. The Labute approximate surface area is 198 Å². The molecule has 0 spiro atoms. The summed E-state index contributed by atoms with van der Waals surface area (Å²) in [7, 11) is -1.24. The number of anilines is 2. The first-order chi connectivity index (χ1) is 15.6. The van der Waals surface area contributed by atoms with E-state index in [1.165, 1.54) is 32.4 Å². The van der Waals surface area contributed by atoms with Crippen LogP contribution in [0, 0.1) is 13.8 Å². The van der Waals surface area contributed by atoms with Gasteiger partial charge in [0, 0.05) is 16.8 Å². The normalized spacial score (nSPS) is 11.1. The van der Waals surface area contributed by atoms with Crippen LogP contribution in [0.15, 0.2) is 65.6 Å². The fourth-order valence-electron chi connectivity index (χ4n) is 3.41. The van der Waals surface area contributed by atoms with Crippen LogP contribution in [0.3, 0.4) is 0 Å². The number of benzene rings is 3. The zero-order valence-corrected chi connectivity index (χ0v) is 20.3. The highest BCUT2D eigenvalue weighted by molar-refractivity contribution is 7.92. The molecule has 0 aromatic heterocycles. The summed E-state index contributed by atoms with van der Waals surface area (Å²) in [6.07, 6.45) is 0. The number of rotatable bonds is 8. The third-order valence-corrected chi connectivity index (χ3v) is 6.84. The molecule has 1 amide bonds. The van der Waals surface area contributed by atoms with Crippen molar-refractivity contribution in [2.75, 3.05) is 30.4 Å². The summed E-state index contributed by atoms with van der Waals surface area (Å²) in [6.45, 7) is 3.29. The fourth-order valence-corrected chi connectivity index (χ4v) is 5.02. The maximum Gasteiger partial charge on any atom is 0.264 e. The number of sulfonamides is 1. The van der Waals surface area contributed by atoms with Crippen molar-refractivity contribution in [3.8, 4) is 11.5 Å². The van der Waals surface area contributed by atoms with E-state index in [2.05, 4.69) is 5.32 Å². The second-order valence-corrected chi connectivity index (χ2v) is 9.73. The van der Waals surface area contributed by atoms with Gasteiger partial charge in [-0.15, -0.1) is 0 Å². The molecule has 0 aliphatic rings. The predicted octanol–water partition coefficient (Wildman–Crippen LogP) is 4.81. The Morgan fingerprint density at radius 3 is 2.21 bits per heavy atom. The van der Waals surface area contributed by atoms with Gasteiger partial charge in [0.2, 0.25) is 5.91 Å². The Bertz CT molecular complexity index is 1260. The van der Waals surface area contributed by atoms with E-state index in [0.717, 1.165) is 15.4 Å². The first kappa shape index (κ1) is 24.4. The van der Waals surface area contributed by atoms with Crippen molar-refractivity contribution < 1.29 is 22.7 Å². The monoisotopic (exact) mass is 488 g/mol. The SMILES string of the molecule is COc1ccc(S(=O)(=O)N(CC(=O)Nc2cccc(Cl)c2)c2cc(C)cc(C)c2)cc1OC. The van der Waals surface area contributed by atoms with E-state index < -0.39 is 22.5 Å². The highest BCUT2D eigenvalue weighted by Gasteiger charge is 2.28. The molecule has 174 valence electrons. The van der Waals surface area contributed by atoms with E-state index in [0.29, 0.717) is 22.1 Å². The molecule has 0 aliphatic carbocycles. The van der Waals surface area contributed by atoms with Crippen LogP contribution in [0.1, 0.15) is 11.1 Å². The summed E-state index contributed by atoms with van der Waals surface area (Å²) >= 11 is 5.99. The summed E-state index contributed by atoms with van der Waals surface area (Å²) in [5.74, 6) is 0.149. The summed E-state index contributed by atoms with van der Waals surface area (Å²) in [5.41, 5.74) is 2.58. The van der Waals surface area contributed by atoms with Crippen LogP contribution in [0.25, 0.3) is 0 Å². The molecule has 3 aromatic rings. The van der Waals surface area contributed by atoms with Crippen molar-refractivity contribution in [3.05, 3.63) is 76.8 Å². The van der Waals surface area contributed by atoms with E-state index >= 15 is 0 Å².